The number of carbonyl (C=O) groups is 4. The van der Waals surface area contributed by atoms with Gasteiger partial charge in [-0.15, -0.1) is 0 Å². The van der Waals surface area contributed by atoms with Crippen LogP contribution in [0.5, 0.6) is 5.75 Å². The second-order valence-electron chi connectivity index (χ2n) is 10.9. The van der Waals surface area contributed by atoms with E-state index < -0.39 is 54.0 Å². The molecule has 1 rings (SSSR count). The van der Waals surface area contributed by atoms with Crippen molar-refractivity contribution in [3.05, 3.63) is 39.0 Å². The third-order valence-electron chi connectivity index (χ3n) is 6.69. The smallest absolute Gasteiger partial charge is 0.328 e. The average Bonchev–Trinajstić information content (AvgIpc) is 2.85. The van der Waals surface area contributed by atoms with Crippen LogP contribution in [0.15, 0.2) is 29.8 Å². The number of rotatable bonds is 15. The number of allylic oxidation sites excluding steroid dienone is 2. The number of nitrogens with one attached hydrogen (secondary N) is 2. The minimum atomic E-state index is -1.59. The third-order valence-corrected chi connectivity index (χ3v) is 7.56. The standard InChI is InChI=1S/C29H44IN3O8/c1-15(10-16(2)12-18(4)34)11-17(3)26(37)31-19(5)28(39)33(7)23(14-21-8-9-24(36)22(30)13-21)27(38)32-25(20(6)35)29(40)41/h8-10,13,16-20,23,25,34-36H,11-12,14H2,1-7H3,(H,31,37)(H,32,38)(H,40,41)/b15-10+/t16-,17-,18-,19-,20+,23+,25-/m0/s1. The number of nitrogens with zero attached hydrogens (tertiary/aromatic N) is 1. The van der Waals surface area contributed by atoms with Gasteiger partial charge in [-0.3, -0.25) is 14.4 Å². The maximum absolute atomic E-state index is 13.4. The Morgan fingerprint density at radius 2 is 1.63 bits per heavy atom. The molecule has 230 valence electrons. The quantitative estimate of drug-likeness (QED) is 0.120. The van der Waals surface area contributed by atoms with Crippen LogP contribution in [0, 0.1) is 15.4 Å². The van der Waals surface area contributed by atoms with Crippen molar-refractivity contribution in [3.8, 4) is 5.75 Å². The summed E-state index contributed by atoms with van der Waals surface area (Å²) in [6.07, 6.45) is 1.27. The second-order valence-corrected chi connectivity index (χ2v) is 12.1. The molecular formula is C29H44IN3O8. The Labute approximate surface area is 255 Å². The number of aliphatic hydroxyl groups excluding tert-OH is 2. The van der Waals surface area contributed by atoms with E-state index in [0.29, 0.717) is 22.0 Å². The van der Waals surface area contributed by atoms with Crippen molar-refractivity contribution in [2.24, 2.45) is 11.8 Å². The Hall–Kier alpha value is -2.71. The molecule has 1 aromatic rings. The van der Waals surface area contributed by atoms with Crippen LogP contribution in [0.2, 0.25) is 0 Å². The number of hydrogen-bond acceptors (Lipinski definition) is 7. The summed E-state index contributed by atoms with van der Waals surface area (Å²) >= 11 is 1.93. The lowest BCUT2D eigenvalue weighted by atomic mass is 9.95. The van der Waals surface area contributed by atoms with Gasteiger partial charge in [0.25, 0.3) is 0 Å². The predicted octanol–water partition coefficient (Wildman–Crippen LogP) is 2.20. The van der Waals surface area contributed by atoms with E-state index in [2.05, 4.69) is 10.6 Å². The number of amides is 3. The topological polar surface area (TPSA) is 176 Å². The fourth-order valence-electron chi connectivity index (χ4n) is 4.56. The van der Waals surface area contributed by atoms with Gasteiger partial charge in [0.05, 0.1) is 15.8 Å². The molecule has 0 saturated carbocycles. The van der Waals surface area contributed by atoms with E-state index in [1.54, 1.807) is 26.0 Å². The van der Waals surface area contributed by atoms with E-state index in [-0.39, 0.29) is 24.0 Å². The van der Waals surface area contributed by atoms with Gasteiger partial charge in [-0.2, -0.15) is 0 Å². The molecule has 41 heavy (non-hydrogen) atoms. The van der Waals surface area contributed by atoms with Gasteiger partial charge < -0.3 is 36.0 Å². The Morgan fingerprint density at radius 3 is 2.15 bits per heavy atom. The number of aromatic hydroxyl groups is 1. The molecule has 0 aliphatic carbocycles. The lowest BCUT2D eigenvalue weighted by Gasteiger charge is -2.31. The highest BCUT2D eigenvalue weighted by molar-refractivity contribution is 14.1. The fraction of sp³-hybridized carbons (Fsp3) is 0.586. The number of likely N-dealkylation sites (N-methyl/N-ethyl adjacent to an activating group) is 1. The summed E-state index contributed by atoms with van der Waals surface area (Å²) in [5.74, 6) is -3.38. The van der Waals surface area contributed by atoms with Crippen LogP contribution >= 0.6 is 22.6 Å². The molecule has 0 aliphatic rings. The summed E-state index contributed by atoms with van der Waals surface area (Å²) in [7, 11) is 1.39. The Balaban J connectivity index is 3.08. The summed E-state index contributed by atoms with van der Waals surface area (Å²) in [6, 6.07) is 0.921. The molecule has 7 atom stereocenters. The normalized spacial score (nSPS) is 16.9. The highest BCUT2D eigenvalue weighted by Crippen LogP contribution is 2.22. The largest absolute Gasteiger partial charge is 0.507 e. The van der Waals surface area contributed by atoms with E-state index in [9.17, 15) is 39.6 Å². The lowest BCUT2D eigenvalue weighted by molar-refractivity contribution is -0.147. The van der Waals surface area contributed by atoms with Gasteiger partial charge in [-0.05, 0) is 86.7 Å². The van der Waals surface area contributed by atoms with Crippen molar-refractivity contribution in [1.82, 2.24) is 15.5 Å². The van der Waals surface area contributed by atoms with Crippen molar-refractivity contribution >= 4 is 46.3 Å². The van der Waals surface area contributed by atoms with Gasteiger partial charge in [0, 0.05) is 19.4 Å². The lowest BCUT2D eigenvalue weighted by Crippen LogP contribution is -2.58. The zero-order valence-electron chi connectivity index (χ0n) is 24.7. The van der Waals surface area contributed by atoms with Crippen molar-refractivity contribution in [2.75, 3.05) is 7.05 Å². The van der Waals surface area contributed by atoms with Crippen LogP contribution in [0.25, 0.3) is 0 Å². The van der Waals surface area contributed by atoms with E-state index in [0.717, 1.165) is 10.5 Å². The number of phenolic OH excluding ortho intramolecular Hbond substituents is 1. The number of carboxylic acids is 1. The van der Waals surface area contributed by atoms with Crippen molar-refractivity contribution < 1.29 is 39.6 Å². The molecule has 1 aromatic carbocycles. The molecule has 11 nitrogen and oxygen atoms in total. The average molecular weight is 690 g/mol. The zero-order valence-corrected chi connectivity index (χ0v) is 26.9. The molecule has 0 spiro atoms. The Morgan fingerprint density at radius 1 is 1.02 bits per heavy atom. The summed E-state index contributed by atoms with van der Waals surface area (Å²) in [6.45, 7) is 10.1. The molecule has 0 radical (unpaired) electrons. The Bertz CT molecular complexity index is 1110. The third kappa shape index (κ3) is 12.0. The molecule has 0 bridgehead atoms. The number of aliphatic hydroxyl groups is 2. The first-order chi connectivity index (χ1) is 18.9. The fourth-order valence-corrected chi connectivity index (χ4v) is 5.14. The number of halogens is 1. The van der Waals surface area contributed by atoms with E-state index >= 15 is 0 Å². The molecule has 0 heterocycles. The minimum Gasteiger partial charge on any atom is -0.507 e. The first-order valence-corrected chi connectivity index (χ1v) is 14.6. The number of hydrogen-bond donors (Lipinski definition) is 6. The number of carbonyl (C=O) groups excluding carboxylic acids is 3. The minimum absolute atomic E-state index is 0.0117. The van der Waals surface area contributed by atoms with Gasteiger partial charge in [0.15, 0.2) is 6.04 Å². The highest BCUT2D eigenvalue weighted by Gasteiger charge is 2.34. The SMILES string of the molecule is C/C(=C\[C@H](C)C[C@H](C)O)C[C@H](C)C(=O)N[C@@H](C)C(=O)N(C)[C@H](Cc1ccc(O)c(I)c1)C(=O)N[C@H](C(=O)O)[C@@H](C)O. The highest BCUT2D eigenvalue weighted by atomic mass is 127. The molecule has 6 N–H and O–H groups in total. The Kier molecular flexibility index (Phi) is 14.8. The van der Waals surface area contributed by atoms with E-state index in [1.165, 1.54) is 27.0 Å². The molecule has 0 unspecified atom stereocenters. The molecule has 0 aromatic heterocycles. The maximum Gasteiger partial charge on any atom is 0.328 e. The van der Waals surface area contributed by atoms with Gasteiger partial charge in [0.1, 0.15) is 17.8 Å². The maximum atomic E-state index is 13.4. The number of aliphatic carboxylic acids is 1. The van der Waals surface area contributed by atoms with Crippen molar-refractivity contribution in [1.29, 1.82) is 0 Å². The predicted molar refractivity (Wildman–Crippen MR) is 163 cm³/mol. The van der Waals surface area contributed by atoms with Crippen molar-refractivity contribution in [3.63, 3.8) is 0 Å². The summed E-state index contributed by atoms with van der Waals surface area (Å²) in [5, 5.41) is 43.7. The molecule has 12 heteroatoms. The van der Waals surface area contributed by atoms with Crippen LogP contribution in [0.4, 0.5) is 0 Å². The molecule has 0 fully saturated rings. The van der Waals surface area contributed by atoms with Crippen LogP contribution in [-0.4, -0.2) is 86.4 Å². The monoisotopic (exact) mass is 689 g/mol. The van der Waals surface area contributed by atoms with Gasteiger partial charge in [-0.1, -0.05) is 31.6 Å². The van der Waals surface area contributed by atoms with Crippen LogP contribution in [-0.2, 0) is 25.6 Å². The summed E-state index contributed by atoms with van der Waals surface area (Å²) < 4.78 is 0.528. The first-order valence-electron chi connectivity index (χ1n) is 13.6. The number of benzene rings is 1. The van der Waals surface area contributed by atoms with Crippen LogP contribution in [0.3, 0.4) is 0 Å². The van der Waals surface area contributed by atoms with Gasteiger partial charge in [-0.25, -0.2) is 4.79 Å². The number of carboxylic acid groups (broad SMARTS) is 1. The summed E-state index contributed by atoms with van der Waals surface area (Å²) in [4.78, 5) is 52.2. The zero-order chi connectivity index (χ0) is 31.6. The van der Waals surface area contributed by atoms with E-state index in [1.807, 2.05) is 42.5 Å². The van der Waals surface area contributed by atoms with Crippen LogP contribution < -0.4 is 10.6 Å². The van der Waals surface area contributed by atoms with E-state index in [4.69, 9.17) is 0 Å². The van der Waals surface area contributed by atoms with Crippen LogP contribution in [0.1, 0.15) is 59.9 Å². The van der Waals surface area contributed by atoms with Gasteiger partial charge >= 0.3 is 5.97 Å². The number of phenols is 1. The van der Waals surface area contributed by atoms with Crippen molar-refractivity contribution in [2.45, 2.75) is 91.1 Å². The van der Waals surface area contributed by atoms with Gasteiger partial charge in [0.2, 0.25) is 17.7 Å². The summed E-state index contributed by atoms with van der Waals surface area (Å²) in [5.41, 5.74) is 1.59. The molecule has 3 amide bonds. The first kappa shape index (κ1) is 36.3. The molecular weight excluding hydrogens is 645 g/mol. The second kappa shape index (κ2) is 16.7. The molecule has 0 saturated heterocycles. The molecule has 0 aliphatic heterocycles.